The molecule has 2 N–H and O–H groups in total. The van der Waals surface area contributed by atoms with Crippen molar-refractivity contribution in [2.45, 2.75) is 26.4 Å². The molecule has 7 heteroatoms. The molecule has 0 radical (unpaired) electrons. The average molecular weight is 285 g/mol. The number of nitrogens with one attached hydrogen (secondary N) is 1. The summed E-state index contributed by atoms with van der Waals surface area (Å²) in [5.74, 6) is -2.40. The summed E-state index contributed by atoms with van der Waals surface area (Å²) in [7, 11) is 1.09. The highest BCUT2D eigenvalue weighted by molar-refractivity contribution is 5.94. The number of esters is 1. The Morgan fingerprint density at radius 3 is 2.40 bits per heavy atom. The van der Waals surface area contributed by atoms with Gasteiger partial charge >= 0.3 is 12.1 Å². The Kier molecular flexibility index (Phi) is 4.54. The Balaban J connectivity index is 3.01. The minimum atomic E-state index is -0.955. The number of ether oxygens (including phenoxy) is 2. The van der Waals surface area contributed by atoms with Crippen molar-refractivity contribution < 1.29 is 28.6 Å². The molecule has 1 amide bonds. The van der Waals surface area contributed by atoms with Gasteiger partial charge in [0.15, 0.2) is 0 Å². The largest absolute Gasteiger partial charge is 0.506 e. The molecule has 110 valence electrons. The van der Waals surface area contributed by atoms with Crippen molar-refractivity contribution in [3.8, 4) is 5.75 Å². The summed E-state index contributed by atoms with van der Waals surface area (Å²) < 4.78 is 22.8. The van der Waals surface area contributed by atoms with E-state index < -0.39 is 34.8 Å². The number of hydrogen-bond donors (Lipinski definition) is 2. The molecule has 0 saturated carbocycles. The fraction of sp³-hybridized carbons (Fsp3) is 0.385. The highest BCUT2D eigenvalue weighted by Gasteiger charge is 2.20. The molecule has 0 aliphatic carbocycles. The number of rotatable bonds is 2. The fourth-order valence-corrected chi connectivity index (χ4v) is 1.34. The van der Waals surface area contributed by atoms with Gasteiger partial charge in [0.1, 0.15) is 17.2 Å². The van der Waals surface area contributed by atoms with Crippen molar-refractivity contribution >= 4 is 17.7 Å². The van der Waals surface area contributed by atoms with Crippen molar-refractivity contribution in [3.63, 3.8) is 0 Å². The van der Waals surface area contributed by atoms with Crippen molar-refractivity contribution in [1.82, 2.24) is 0 Å². The number of aromatic hydroxyl groups is 1. The summed E-state index contributed by atoms with van der Waals surface area (Å²) in [4.78, 5) is 22.9. The predicted molar refractivity (Wildman–Crippen MR) is 69.3 cm³/mol. The van der Waals surface area contributed by atoms with Gasteiger partial charge in [-0.3, -0.25) is 5.32 Å². The standard InChI is InChI=1S/C13H16FNO5/c1-13(2,3)20-12(18)15-9-5-7(11(17)19-4)8(14)6-10(9)16/h5-6,16H,1-4H3,(H,15,18). The van der Waals surface area contributed by atoms with E-state index in [1.54, 1.807) is 20.8 Å². The van der Waals surface area contributed by atoms with E-state index in [4.69, 9.17) is 4.74 Å². The number of carbonyl (C=O) groups is 2. The van der Waals surface area contributed by atoms with E-state index in [0.717, 1.165) is 13.2 Å². The van der Waals surface area contributed by atoms with Crippen LogP contribution < -0.4 is 5.32 Å². The first kappa shape index (κ1) is 15.7. The number of halogens is 1. The number of carbonyl (C=O) groups excluding carboxylic acids is 2. The highest BCUT2D eigenvalue weighted by Crippen LogP contribution is 2.27. The topological polar surface area (TPSA) is 84.9 Å². The molecule has 6 nitrogen and oxygen atoms in total. The van der Waals surface area contributed by atoms with Crippen LogP contribution in [0.1, 0.15) is 31.1 Å². The lowest BCUT2D eigenvalue weighted by Gasteiger charge is -2.20. The number of hydrogen-bond acceptors (Lipinski definition) is 5. The molecule has 0 aliphatic rings. The second kappa shape index (κ2) is 5.77. The van der Waals surface area contributed by atoms with Crippen molar-refractivity contribution in [2.75, 3.05) is 12.4 Å². The van der Waals surface area contributed by atoms with Crippen molar-refractivity contribution in [2.24, 2.45) is 0 Å². The van der Waals surface area contributed by atoms with Crippen LogP contribution in [0.5, 0.6) is 5.75 Å². The number of phenolic OH excluding ortho intramolecular Hbond substituents is 1. The summed E-state index contributed by atoms with van der Waals surface area (Å²) in [5.41, 5.74) is -1.29. The van der Waals surface area contributed by atoms with Gasteiger partial charge in [0.05, 0.1) is 18.4 Å². The molecule has 0 atom stereocenters. The van der Waals surface area contributed by atoms with E-state index in [0.29, 0.717) is 6.07 Å². The normalized spacial score (nSPS) is 10.8. The maximum atomic E-state index is 13.5. The number of phenols is 1. The van der Waals surface area contributed by atoms with Crippen LogP contribution in [-0.4, -0.2) is 29.9 Å². The summed E-state index contributed by atoms with van der Waals surface area (Å²) >= 11 is 0. The Morgan fingerprint density at radius 1 is 1.30 bits per heavy atom. The average Bonchev–Trinajstić information content (AvgIpc) is 2.29. The molecular weight excluding hydrogens is 269 g/mol. The van der Waals surface area contributed by atoms with Gasteiger partial charge in [0.2, 0.25) is 0 Å². The number of benzene rings is 1. The molecule has 0 fully saturated rings. The molecule has 0 unspecified atom stereocenters. The summed E-state index contributed by atoms with van der Waals surface area (Å²) in [6, 6.07) is 1.68. The first-order valence-corrected chi connectivity index (χ1v) is 5.75. The van der Waals surface area contributed by atoms with Crippen LogP contribution in [0.15, 0.2) is 12.1 Å². The molecule has 0 aromatic heterocycles. The van der Waals surface area contributed by atoms with Crippen LogP contribution in [0.4, 0.5) is 14.9 Å². The van der Waals surface area contributed by atoms with Crippen LogP contribution in [-0.2, 0) is 9.47 Å². The lowest BCUT2D eigenvalue weighted by Crippen LogP contribution is -2.27. The summed E-state index contributed by atoms with van der Waals surface area (Å²) in [6.07, 6.45) is -0.838. The van der Waals surface area contributed by atoms with Gasteiger partial charge in [0.25, 0.3) is 0 Å². The lowest BCUT2D eigenvalue weighted by atomic mass is 10.1. The van der Waals surface area contributed by atoms with Crippen LogP contribution in [0.3, 0.4) is 0 Å². The summed E-state index contributed by atoms with van der Waals surface area (Å²) in [6.45, 7) is 4.99. The van der Waals surface area contributed by atoms with Gasteiger partial charge in [-0.25, -0.2) is 14.0 Å². The van der Waals surface area contributed by atoms with Crippen molar-refractivity contribution in [3.05, 3.63) is 23.5 Å². The van der Waals surface area contributed by atoms with E-state index in [9.17, 15) is 19.1 Å². The van der Waals surface area contributed by atoms with Crippen LogP contribution in [0.2, 0.25) is 0 Å². The zero-order valence-electron chi connectivity index (χ0n) is 11.6. The third-order valence-electron chi connectivity index (χ3n) is 2.13. The van der Waals surface area contributed by atoms with E-state index in [2.05, 4.69) is 10.1 Å². The fourth-order valence-electron chi connectivity index (χ4n) is 1.34. The second-order valence-corrected chi connectivity index (χ2v) is 4.97. The third kappa shape index (κ3) is 4.11. The Labute approximate surface area is 115 Å². The highest BCUT2D eigenvalue weighted by atomic mass is 19.1. The van der Waals surface area contributed by atoms with E-state index >= 15 is 0 Å². The van der Waals surface area contributed by atoms with E-state index in [1.807, 2.05) is 0 Å². The number of amides is 1. The van der Waals surface area contributed by atoms with Crippen molar-refractivity contribution in [1.29, 1.82) is 0 Å². The zero-order chi connectivity index (χ0) is 15.5. The van der Waals surface area contributed by atoms with Gasteiger partial charge in [-0.05, 0) is 26.8 Å². The van der Waals surface area contributed by atoms with Gasteiger partial charge in [-0.1, -0.05) is 0 Å². The SMILES string of the molecule is COC(=O)c1cc(NC(=O)OC(C)(C)C)c(O)cc1F. The lowest BCUT2D eigenvalue weighted by molar-refractivity contribution is 0.0591. The first-order chi connectivity index (χ1) is 9.14. The third-order valence-corrected chi connectivity index (χ3v) is 2.13. The first-order valence-electron chi connectivity index (χ1n) is 5.75. The smallest absolute Gasteiger partial charge is 0.412 e. The van der Waals surface area contributed by atoms with Crippen LogP contribution in [0, 0.1) is 5.82 Å². The molecular formula is C13H16FNO5. The Bertz CT molecular complexity index is 536. The molecule has 1 aromatic carbocycles. The van der Waals surface area contributed by atoms with Crippen LogP contribution in [0.25, 0.3) is 0 Å². The molecule has 1 rings (SSSR count). The minimum Gasteiger partial charge on any atom is -0.506 e. The number of methoxy groups -OCH3 is 1. The predicted octanol–water partition coefficient (Wildman–Crippen LogP) is 2.66. The number of anilines is 1. The minimum absolute atomic E-state index is 0.152. The van der Waals surface area contributed by atoms with Gasteiger partial charge < -0.3 is 14.6 Å². The quantitative estimate of drug-likeness (QED) is 0.644. The summed E-state index contributed by atoms with van der Waals surface area (Å²) in [5, 5.41) is 11.8. The van der Waals surface area contributed by atoms with E-state index in [1.165, 1.54) is 0 Å². The maximum absolute atomic E-state index is 13.5. The molecule has 0 saturated heterocycles. The molecule has 1 aromatic rings. The van der Waals surface area contributed by atoms with Gasteiger partial charge in [-0.2, -0.15) is 0 Å². The molecule has 0 aliphatic heterocycles. The maximum Gasteiger partial charge on any atom is 0.412 e. The Morgan fingerprint density at radius 2 is 1.90 bits per heavy atom. The zero-order valence-corrected chi connectivity index (χ0v) is 11.6. The van der Waals surface area contributed by atoms with E-state index in [-0.39, 0.29) is 5.69 Å². The molecule has 0 spiro atoms. The monoisotopic (exact) mass is 285 g/mol. The second-order valence-electron chi connectivity index (χ2n) is 4.97. The molecule has 0 bridgehead atoms. The Hall–Kier alpha value is -2.31. The molecule has 20 heavy (non-hydrogen) atoms. The van der Waals surface area contributed by atoms with Gasteiger partial charge in [0, 0.05) is 6.07 Å². The molecule has 0 heterocycles. The van der Waals surface area contributed by atoms with Crippen LogP contribution >= 0.6 is 0 Å². The van der Waals surface area contributed by atoms with Gasteiger partial charge in [-0.15, -0.1) is 0 Å².